The molecular formula is C16H18N4S. The van der Waals surface area contributed by atoms with Gasteiger partial charge < -0.3 is 5.73 Å². The van der Waals surface area contributed by atoms with Gasteiger partial charge in [-0.1, -0.05) is 37.4 Å². The van der Waals surface area contributed by atoms with Crippen molar-refractivity contribution in [1.29, 1.82) is 0 Å². The molecule has 0 aliphatic heterocycles. The van der Waals surface area contributed by atoms with E-state index in [1.54, 1.807) is 6.20 Å². The number of hydrogen-bond acceptors (Lipinski definition) is 5. The number of aromatic nitrogens is 3. The molecule has 0 radical (unpaired) electrons. The van der Waals surface area contributed by atoms with Crippen molar-refractivity contribution in [3.8, 4) is 0 Å². The first kappa shape index (κ1) is 14.1. The smallest absolute Gasteiger partial charge is 0.0860 e. The van der Waals surface area contributed by atoms with Crippen LogP contribution in [0.5, 0.6) is 0 Å². The highest BCUT2D eigenvalue weighted by Crippen LogP contribution is 2.33. The molecule has 3 rings (SSSR count). The van der Waals surface area contributed by atoms with Crippen molar-refractivity contribution in [1.82, 2.24) is 14.6 Å². The van der Waals surface area contributed by atoms with Crippen LogP contribution in [-0.2, 0) is 5.41 Å². The Bertz CT molecular complexity index is 773. The molecule has 2 aromatic heterocycles. The lowest BCUT2D eigenvalue weighted by Gasteiger charge is -2.19. The number of hydrogen-bond donors (Lipinski definition) is 1. The predicted octanol–water partition coefficient (Wildman–Crippen LogP) is 3.43. The summed E-state index contributed by atoms with van der Waals surface area (Å²) in [6, 6.07) is 9.92. The molecule has 1 unspecified atom stereocenters. The van der Waals surface area contributed by atoms with Crippen molar-refractivity contribution in [2.75, 3.05) is 0 Å². The van der Waals surface area contributed by atoms with Crippen molar-refractivity contribution in [3.63, 3.8) is 0 Å². The maximum absolute atomic E-state index is 6.46. The minimum Gasteiger partial charge on any atom is -0.319 e. The third-order valence-corrected chi connectivity index (χ3v) is 4.30. The molecule has 2 N–H and O–H groups in total. The Morgan fingerprint density at radius 3 is 2.76 bits per heavy atom. The Kier molecular flexibility index (Phi) is 3.47. The quantitative estimate of drug-likeness (QED) is 0.787. The Labute approximate surface area is 128 Å². The minimum absolute atomic E-state index is 0.0572. The van der Waals surface area contributed by atoms with Crippen molar-refractivity contribution in [3.05, 3.63) is 52.7 Å². The lowest BCUT2D eigenvalue weighted by atomic mass is 9.89. The summed E-state index contributed by atoms with van der Waals surface area (Å²) in [6.45, 7) is 6.39. The molecular weight excluding hydrogens is 280 g/mol. The SMILES string of the molecule is CC(C)(C)c1nnsc1C(N)c1ccc2ncccc2c1. The third-order valence-electron chi connectivity index (χ3n) is 3.49. The van der Waals surface area contributed by atoms with Crippen LogP contribution in [0.3, 0.4) is 0 Å². The monoisotopic (exact) mass is 298 g/mol. The lowest BCUT2D eigenvalue weighted by molar-refractivity contribution is 0.556. The van der Waals surface area contributed by atoms with E-state index in [-0.39, 0.29) is 11.5 Å². The van der Waals surface area contributed by atoms with Gasteiger partial charge in [-0.05, 0) is 35.3 Å². The summed E-state index contributed by atoms with van der Waals surface area (Å²) in [4.78, 5) is 5.37. The van der Waals surface area contributed by atoms with E-state index in [1.165, 1.54) is 11.5 Å². The molecule has 5 heteroatoms. The molecule has 21 heavy (non-hydrogen) atoms. The van der Waals surface area contributed by atoms with Gasteiger partial charge in [0.1, 0.15) is 0 Å². The standard InChI is InChI=1S/C16H18N4S/c1-16(2,3)15-14(21-20-19-15)13(17)11-6-7-12-10(9-11)5-4-8-18-12/h4-9,13H,17H2,1-3H3. The number of pyridine rings is 1. The number of rotatable bonds is 2. The fraction of sp³-hybridized carbons (Fsp3) is 0.312. The summed E-state index contributed by atoms with van der Waals surface area (Å²) in [5, 5.41) is 5.37. The van der Waals surface area contributed by atoms with Crippen LogP contribution in [0.1, 0.15) is 42.9 Å². The van der Waals surface area contributed by atoms with Crippen molar-refractivity contribution in [2.24, 2.45) is 5.73 Å². The molecule has 3 aromatic rings. The molecule has 0 saturated carbocycles. The number of fused-ring (bicyclic) bond motifs is 1. The number of nitrogens with two attached hydrogens (primary N) is 1. The van der Waals surface area contributed by atoms with Crippen molar-refractivity contribution in [2.45, 2.75) is 32.2 Å². The maximum Gasteiger partial charge on any atom is 0.0860 e. The zero-order valence-corrected chi connectivity index (χ0v) is 13.2. The van der Waals surface area contributed by atoms with E-state index < -0.39 is 0 Å². The van der Waals surface area contributed by atoms with E-state index in [0.717, 1.165) is 27.0 Å². The van der Waals surface area contributed by atoms with Gasteiger partial charge >= 0.3 is 0 Å². The van der Waals surface area contributed by atoms with Gasteiger partial charge in [0.2, 0.25) is 0 Å². The summed E-state index contributed by atoms with van der Waals surface area (Å²) < 4.78 is 4.10. The largest absolute Gasteiger partial charge is 0.319 e. The summed E-state index contributed by atoms with van der Waals surface area (Å²) >= 11 is 1.38. The molecule has 0 aliphatic carbocycles. The average molecular weight is 298 g/mol. The average Bonchev–Trinajstić information content (AvgIpc) is 2.95. The molecule has 0 spiro atoms. The third kappa shape index (κ3) is 2.66. The first-order valence-electron chi connectivity index (χ1n) is 6.90. The number of benzene rings is 1. The Balaban J connectivity index is 2.04. The van der Waals surface area contributed by atoms with Crippen LogP contribution in [0.4, 0.5) is 0 Å². The van der Waals surface area contributed by atoms with Crippen LogP contribution in [0.15, 0.2) is 36.5 Å². The fourth-order valence-electron chi connectivity index (χ4n) is 2.36. The fourth-order valence-corrected chi connectivity index (χ4v) is 3.25. The lowest BCUT2D eigenvalue weighted by Crippen LogP contribution is -2.19. The van der Waals surface area contributed by atoms with Crippen LogP contribution in [-0.4, -0.2) is 14.6 Å². The second-order valence-corrected chi connectivity index (χ2v) is 6.95. The first-order valence-corrected chi connectivity index (χ1v) is 7.67. The van der Waals surface area contributed by atoms with E-state index in [2.05, 4.69) is 41.4 Å². The molecule has 1 atom stereocenters. The van der Waals surface area contributed by atoms with Crippen molar-refractivity contribution < 1.29 is 0 Å². The molecule has 0 amide bonds. The van der Waals surface area contributed by atoms with Gasteiger partial charge in [-0.25, -0.2) is 0 Å². The zero-order chi connectivity index (χ0) is 15.0. The van der Waals surface area contributed by atoms with E-state index >= 15 is 0 Å². The van der Waals surface area contributed by atoms with Gasteiger partial charge in [-0.15, -0.1) is 5.10 Å². The zero-order valence-electron chi connectivity index (χ0n) is 12.4. The van der Waals surface area contributed by atoms with Gasteiger partial charge in [0, 0.05) is 17.0 Å². The van der Waals surface area contributed by atoms with Crippen LogP contribution in [0.25, 0.3) is 10.9 Å². The summed E-state index contributed by atoms with van der Waals surface area (Å²) in [5.74, 6) is 0. The molecule has 108 valence electrons. The minimum atomic E-state index is -0.205. The number of nitrogens with zero attached hydrogens (tertiary/aromatic N) is 3. The molecule has 0 saturated heterocycles. The van der Waals surface area contributed by atoms with Crippen LogP contribution >= 0.6 is 11.5 Å². The summed E-state index contributed by atoms with van der Waals surface area (Å²) in [6.07, 6.45) is 1.80. The van der Waals surface area contributed by atoms with Gasteiger partial charge in [-0.3, -0.25) is 4.98 Å². The highest BCUT2D eigenvalue weighted by molar-refractivity contribution is 7.05. The van der Waals surface area contributed by atoms with Crippen LogP contribution in [0.2, 0.25) is 0 Å². The Morgan fingerprint density at radius 2 is 2.00 bits per heavy atom. The highest BCUT2D eigenvalue weighted by Gasteiger charge is 2.26. The maximum atomic E-state index is 6.46. The van der Waals surface area contributed by atoms with Crippen LogP contribution in [0, 0.1) is 0 Å². The van der Waals surface area contributed by atoms with Gasteiger partial charge in [0.15, 0.2) is 0 Å². The topological polar surface area (TPSA) is 64.7 Å². The highest BCUT2D eigenvalue weighted by atomic mass is 32.1. The second-order valence-electron chi connectivity index (χ2n) is 6.17. The molecule has 2 heterocycles. The van der Waals surface area contributed by atoms with E-state index in [0.29, 0.717) is 0 Å². The predicted molar refractivity (Wildman–Crippen MR) is 86.4 cm³/mol. The van der Waals surface area contributed by atoms with Crippen LogP contribution < -0.4 is 5.73 Å². The van der Waals surface area contributed by atoms with E-state index in [4.69, 9.17) is 5.73 Å². The summed E-state index contributed by atoms with van der Waals surface area (Å²) in [7, 11) is 0. The van der Waals surface area contributed by atoms with Gasteiger partial charge in [0.05, 0.1) is 22.1 Å². The molecule has 0 aliphatic rings. The van der Waals surface area contributed by atoms with Crippen molar-refractivity contribution >= 4 is 22.4 Å². The van der Waals surface area contributed by atoms with E-state index in [1.807, 2.05) is 24.3 Å². The Hall–Kier alpha value is -1.85. The molecule has 4 nitrogen and oxygen atoms in total. The molecule has 0 fully saturated rings. The second kappa shape index (κ2) is 5.16. The van der Waals surface area contributed by atoms with Gasteiger partial charge in [0.25, 0.3) is 0 Å². The molecule has 0 bridgehead atoms. The van der Waals surface area contributed by atoms with Gasteiger partial charge in [-0.2, -0.15) is 0 Å². The van der Waals surface area contributed by atoms with E-state index in [9.17, 15) is 0 Å². The molecule has 1 aromatic carbocycles. The first-order chi connectivity index (χ1) is 9.97. The normalized spacial score (nSPS) is 13.5. The Morgan fingerprint density at radius 1 is 1.19 bits per heavy atom. The summed E-state index contributed by atoms with van der Waals surface area (Å²) in [5.41, 5.74) is 9.42.